The van der Waals surface area contributed by atoms with Crippen molar-refractivity contribution in [1.82, 2.24) is 9.80 Å². The first-order valence-corrected chi connectivity index (χ1v) is 9.36. The predicted octanol–water partition coefficient (Wildman–Crippen LogP) is 2.26. The zero-order valence-electron chi connectivity index (χ0n) is 14.6. The van der Waals surface area contributed by atoms with E-state index in [9.17, 15) is 14.4 Å². The van der Waals surface area contributed by atoms with Gasteiger partial charge in [-0.05, 0) is 44.4 Å². The van der Waals surface area contributed by atoms with Gasteiger partial charge in [-0.25, -0.2) is 0 Å². The highest BCUT2D eigenvalue weighted by Crippen LogP contribution is 2.33. The molecule has 1 atom stereocenters. The molecule has 1 saturated heterocycles. The normalized spacial score (nSPS) is 20.3. The monoisotopic (exact) mass is 361 g/mol. The molecule has 2 heterocycles. The number of carbonyl (C=O) groups is 3. The minimum absolute atomic E-state index is 0.0346. The molecule has 3 rings (SSSR count). The number of carbonyl (C=O) groups excluding carboxylic acids is 3. The molecule has 134 valence electrons. The molecule has 7 heteroatoms. The maximum absolute atomic E-state index is 12.9. The molecular weight excluding hydrogens is 338 g/mol. The standard InChI is InChI=1S/C18H23N3O3S/c1-4-15(22)20-7-8-21(12(3)10-20)18(24)16-11(2)9-14(25-16)19-17(23)13-5-6-13/h4,9,12-13H,1,5-8,10H2,2-3H3,(H,19,23)/t12-/m0/s1. The molecule has 0 bridgehead atoms. The molecule has 0 spiro atoms. The maximum Gasteiger partial charge on any atom is 0.264 e. The molecule has 1 aromatic heterocycles. The van der Waals surface area contributed by atoms with Gasteiger partial charge in [0.25, 0.3) is 5.91 Å². The van der Waals surface area contributed by atoms with Crippen LogP contribution in [0.5, 0.6) is 0 Å². The third-order valence-electron chi connectivity index (χ3n) is 4.68. The van der Waals surface area contributed by atoms with E-state index in [2.05, 4.69) is 11.9 Å². The Bertz CT molecular complexity index is 723. The summed E-state index contributed by atoms with van der Waals surface area (Å²) in [5.74, 6) is 0.0474. The lowest BCUT2D eigenvalue weighted by molar-refractivity contribution is -0.128. The number of nitrogens with zero attached hydrogens (tertiary/aromatic N) is 2. The Balaban J connectivity index is 1.68. The Hall–Kier alpha value is -2.15. The number of amides is 3. The minimum atomic E-state index is -0.101. The average molecular weight is 361 g/mol. The second-order valence-corrected chi connectivity index (χ2v) is 7.77. The Morgan fingerprint density at radius 1 is 1.32 bits per heavy atom. The third kappa shape index (κ3) is 3.76. The van der Waals surface area contributed by atoms with Gasteiger partial charge in [-0.15, -0.1) is 11.3 Å². The molecule has 2 aliphatic rings. The van der Waals surface area contributed by atoms with Gasteiger partial charge >= 0.3 is 0 Å². The van der Waals surface area contributed by atoms with Crippen molar-refractivity contribution in [3.8, 4) is 0 Å². The number of thiophene rings is 1. The highest BCUT2D eigenvalue weighted by atomic mass is 32.1. The molecule has 0 aromatic carbocycles. The lowest BCUT2D eigenvalue weighted by Crippen LogP contribution is -2.55. The van der Waals surface area contributed by atoms with Crippen LogP contribution in [0, 0.1) is 12.8 Å². The first kappa shape index (κ1) is 17.7. The van der Waals surface area contributed by atoms with Crippen molar-refractivity contribution in [2.45, 2.75) is 32.7 Å². The molecule has 0 radical (unpaired) electrons. The van der Waals surface area contributed by atoms with Crippen LogP contribution >= 0.6 is 11.3 Å². The SMILES string of the molecule is C=CC(=O)N1CCN(C(=O)c2sc(NC(=O)C3CC3)cc2C)[C@@H](C)C1. The van der Waals surface area contributed by atoms with Crippen LogP contribution in [0.15, 0.2) is 18.7 Å². The quantitative estimate of drug-likeness (QED) is 0.837. The largest absolute Gasteiger partial charge is 0.335 e. The van der Waals surface area contributed by atoms with E-state index in [1.165, 1.54) is 17.4 Å². The summed E-state index contributed by atoms with van der Waals surface area (Å²) in [4.78, 5) is 40.7. The van der Waals surface area contributed by atoms with E-state index in [1.54, 1.807) is 9.80 Å². The molecule has 0 unspecified atom stereocenters. The van der Waals surface area contributed by atoms with Crippen molar-refractivity contribution in [2.24, 2.45) is 5.92 Å². The Morgan fingerprint density at radius 2 is 2.04 bits per heavy atom. The predicted molar refractivity (Wildman–Crippen MR) is 97.7 cm³/mol. The van der Waals surface area contributed by atoms with Crippen LogP contribution in [0.2, 0.25) is 0 Å². The fourth-order valence-electron chi connectivity index (χ4n) is 3.04. The van der Waals surface area contributed by atoms with Gasteiger partial charge in [-0.3, -0.25) is 14.4 Å². The average Bonchev–Trinajstić information content (AvgIpc) is 3.37. The topological polar surface area (TPSA) is 69.7 Å². The summed E-state index contributed by atoms with van der Waals surface area (Å²) in [6.07, 6.45) is 3.21. The van der Waals surface area contributed by atoms with Crippen LogP contribution in [0.3, 0.4) is 0 Å². The van der Waals surface area contributed by atoms with E-state index in [-0.39, 0.29) is 29.7 Å². The van der Waals surface area contributed by atoms with Crippen LogP contribution in [-0.2, 0) is 9.59 Å². The highest BCUT2D eigenvalue weighted by Gasteiger charge is 2.32. The van der Waals surface area contributed by atoms with Gasteiger partial charge in [-0.2, -0.15) is 0 Å². The van der Waals surface area contributed by atoms with Crippen LogP contribution in [-0.4, -0.2) is 53.2 Å². The molecule has 25 heavy (non-hydrogen) atoms. The number of aryl methyl sites for hydroxylation is 1. The third-order valence-corrected chi connectivity index (χ3v) is 5.82. The number of hydrogen-bond acceptors (Lipinski definition) is 4. The Labute approximate surface area is 151 Å². The van der Waals surface area contributed by atoms with E-state index >= 15 is 0 Å². The molecular formula is C18H23N3O3S. The van der Waals surface area contributed by atoms with Crippen LogP contribution in [0.1, 0.15) is 35.0 Å². The molecule has 2 fully saturated rings. The Morgan fingerprint density at radius 3 is 2.64 bits per heavy atom. The number of anilines is 1. The van der Waals surface area contributed by atoms with Gasteiger partial charge in [-0.1, -0.05) is 6.58 Å². The van der Waals surface area contributed by atoms with Gasteiger partial charge < -0.3 is 15.1 Å². The van der Waals surface area contributed by atoms with E-state index in [0.29, 0.717) is 24.5 Å². The lowest BCUT2D eigenvalue weighted by atomic mass is 10.1. The summed E-state index contributed by atoms with van der Waals surface area (Å²) < 4.78 is 0. The van der Waals surface area contributed by atoms with Crippen LogP contribution in [0.25, 0.3) is 0 Å². The maximum atomic E-state index is 12.9. The van der Waals surface area contributed by atoms with Crippen LogP contribution in [0.4, 0.5) is 5.00 Å². The lowest BCUT2D eigenvalue weighted by Gasteiger charge is -2.39. The number of rotatable bonds is 4. The summed E-state index contributed by atoms with van der Waals surface area (Å²) in [5, 5.41) is 3.64. The van der Waals surface area contributed by atoms with E-state index in [1.807, 2.05) is 19.9 Å². The van der Waals surface area contributed by atoms with Crippen molar-refractivity contribution in [3.05, 3.63) is 29.2 Å². The van der Waals surface area contributed by atoms with Crippen molar-refractivity contribution in [3.63, 3.8) is 0 Å². The molecule has 1 aliphatic carbocycles. The molecule has 1 aliphatic heterocycles. The van der Waals surface area contributed by atoms with Gasteiger partial charge in [0.1, 0.15) is 0 Å². The number of piperazine rings is 1. The summed E-state index contributed by atoms with van der Waals surface area (Å²) in [6, 6.07) is 1.80. The number of hydrogen-bond donors (Lipinski definition) is 1. The first-order chi connectivity index (χ1) is 11.9. The van der Waals surface area contributed by atoms with Crippen LogP contribution < -0.4 is 5.32 Å². The Kier molecular flexibility index (Phi) is 4.94. The summed E-state index contributed by atoms with van der Waals surface area (Å²) in [5.41, 5.74) is 0.873. The van der Waals surface area contributed by atoms with E-state index in [4.69, 9.17) is 0 Å². The molecule has 1 saturated carbocycles. The number of nitrogens with one attached hydrogen (secondary N) is 1. The minimum Gasteiger partial charge on any atom is -0.335 e. The molecule has 1 N–H and O–H groups in total. The van der Waals surface area contributed by atoms with Crippen molar-refractivity contribution in [1.29, 1.82) is 0 Å². The fraction of sp³-hybridized carbons (Fsp3) is 0.500. The van der Waals surface area contributed by atoms with Gasteiger partial charge in [0.05, 0.1) is 9.88 Å². The van der Waals surface area contributed by atoms with Crippen molar-refractivity contribution in [2.75, 3.05) is 25.0 Å². The molecule has 6 nitrogen and oxygen atoms in total. The van der Waals surface area contributed by atoms with E-state index < -0.39 is 0 Å². The van der Waals surface area contributed by atoms with Crippen molar-refractivity contribution < 1.29 is 14.4 Å². The van der Waals surface area contributed by atoms with Crippen molar-refractivity contribution >= 4 is 34.1 Å². The van der Waals surface area contributed by atoms with Gasteiger partial charge in [0.15, 0.2) is 0 Å². The summed E-state index contributed by atoms with van der Waals surface area (Å²) in [7, 11) is 0. The van der Waals surface area contributed by atoms with Gasteiger partial charge in [0, 0.05) is 31.6 Å². The summed E-state index contributed by atoms with van der Waals surface area (Å²) >= 11 is 1.33. The highest BCUT2D eigenvalue weighted by molar-refractivity contribution is 7.18. The summed E-state index contributed by atoms with van der Waals surface area (Å²) in [6.45, 7) is 8.86. The first-order valence-electron chi connectivity index (χ1n) is 8.54. The zero-order chi connectivity index (χ0) is 18.1. The zero-order valence-corrected chi connectivity index (χ0v) is 15.4. The smallest absolute Gasteiger partial charge is 0.264 e. The van der Waals surface area contributed by atoms with Gasteiger partial charge in [0.2, 0.25) is 11.8 Å². The fourth-order valence-corrected chi connectivity index (χ4v) is 4.08. The van der Waals surface area contributed by atoms with E-state index in [0.717, 1.165) is 23.4 Å². The second kappa shape index (κ2) is 7.00. The second-order valence-electron chi connectivity index (χ2n) is 6.72. The molecule has 1 aromatic rings. The molecule has 3 amide bonds.